The molecule has 0 spiro atoms. The normalized spacial score (nSPS) is 12.7. The summed E-state index contributed by atoms with van der Waals surface area (Å²) in [5, 5.41) is 21.5. The largest absolute Gasteiger partial charge is 0.507 e. The summed E-state index contributed by atoms with van der Waals surface area (Å²) in [5.41, 5.74) is -0.186. The highest BCUT2D eigenvalue weighted by atomic mass is 16.6. The summed E-state index contributed by atoms with van der Waals surface area (Å²) < 4.78 is 16.5. The molecule has 0 heterocycles. The summed E-state index contributed by atoms with van der Waals surface area (Å²) in [6.45, 7) is 6.90. The van der Waals surface area contributed by atoms with E-state index in [0.717, 1.165) is 32.1 Å². The van der Waals surface area contributed by atoms with Crippen molar-refractivity contribution < 1.29 is 48.4 Å². The summed E-state index contributed by atoms with van der Waals surface area (Å²) in [5.74, 6) is -4.87. The maximum Gasteiger partial charge on any atom is 0.347 e. The smallest absolute Gasteiger partial charge is 0.347 e. The molecule has 55 heavy (non-hydrogen) atoms. The van der Waals surface area contributed by atoms with Gasteiger partial charge in [-0.3, -0.25) is 14.4 Å². The molecule has 11 heteroatoms. The SMILES string of the molecule is CCC=C(C)CC=CCC=CCC=CCC=CCCCC(=O)OCC(C)(C)C(OC(=O)c1ccccc1OC(=O)c1ccccc1O)C(=O)NCCC(=O)O. The predicted molar refractivity (Wildman–Crippen MR) is 212 cm³/mol. The highest BCUT2D eigenvalue weighted by molar-refractivity contribution is 5.98. The fraction of sp³-hybridized carbons (Fsp3) is 0.386. The Morgan fingerprint density at radius 3 is 2.04 bits per heavy atom. The minimum Gasteiger partial charge on any atom is -0.507 e. The lowest BCUT2D eigenvalue weighted by atomic mass is 9.86. The maximum absolute atomic E-state index is 13.5. The number of rotatable bonds is 24. The summed E-state index contributed by atoms with van der Waals surface area (Å²) in [4.78, 5) is 63.2. The molecular formula is C44H55NO10. The Hall–Kier alpha value is -5.71. The standard InChI is InChI=1S/C44H55NO10/c1-5-23-33(2)24-17-15-13-11-9-7-6-8-10-12-14-16-18-29-39(49)53-32-44(3,4)40(41(50)45-31-30-38(47)48)55-43(52)35-26-20-22-28-37(35)54-42(51)34-25-19-21-27-36(34)46/h6,8-9,11-12,14-15,17,19-23,25-28,40,46H,5,7,10,13,16,18,24,29-32H2,1-4H3,(H,45,50)(H,47,48). The molecular weight excluding hydrogens is 702 g/mol. The molecule has 0 fully saturated rings. The number of aromatic hydroxyl groups is 1. The number of hydrogen-bond donors (Lipinski definition) is 3. The molecule has 3 N–H and O–H groups in total. The number of phenols is 1. The van der Waals surface area contributed by atoms with Gasteiger partial charge < -0.3 is 29.7 Å². The molecule has 2 aromatic carbocycles. The fourth-order valence-electron chi connectivity index (χ4n) is 5.06. The van der Waals surface area contributed by atoms with Gasteiger partial charge in [-0.1, -0.05) is 105 Å². The maximum atomic E-state index is 13.5. The van der Waals surface area contributed by atoms with Crippen LogP contribution in [0.15, 0.2) is 109 Å². The monoisotopic (exact) mass is 757 g/mol. The van der Waals surface area contributed by atoms with Crippen molar-refractivity contribution in [3.8, 4) is 11.5 Å². The van der Waals surface area contributed by atoms with Crippen LogP contribution in [0.3, 0.4) is 0 Å². The molecule has 0 saturated carbocycles. The van der Waals surface area contributed by atoms with Gasteiger partial charge in [-0.2, -0.15) is 0 Å². The number of para-hydroxylation sites is 2. The van der Waals surface area contributed by atoms with Crippen LogP contribution in [-0.4, -0.2) is 59.3 Å². The Morgan fingerprint density at radius 1 is 0.800 bits per heavy atom. The molecule has 0 aliphatic carbocycles. The van der Waals surface area contributed by atoms with E-state index >= 15 is 0 Å². The van der Waals surface area contributed by atoms with E-state index in [1.165, 1.54) is 54.1 Å². The Morgan fingerprint density at radius 2 is 1.40 bits per heavy atom. The third kappa shape index (κ3) is 18.3. The number of carboxylic acids is 1. The molecule has 2 aromatic rings. The van der Waals surface area contributed by atoms with Crippen LogP contribution < -0.4 is 10.1 Å². The van der Waals surface area contributed by atoms with Crippen LogP contribution in [0.2, 0.25) is 0 Å². The number of carbonyl (C=O) groups is 5. The fourth-order valence-corrected chi connectivity index (χ4v) is 5.06. The highest BCUT2D eigenvalue weighted by Crippen LogP contribution is 2.29. The summed E-state index contributed by atoms with van der Waals surface area (Å²) in [6, 6.07) is 11.4. The molecule has 1 atom stereocenters. The van der Waals surface area contributed by atoms with Crippen molar-refractivity contribution in [1.29, 1.82) is 0 Å². The van der Waals surface area contributed by atoms with Gasteiger partial charge in [0.1, 0.15) is 29.2 Å². The van der Waals surface area contributed by atoms with E-state index in [-0.39, 0.29) is 48.6 Å². The first-order chi connectivity index (χ1) is 26.4. The minimum absolute atomic E-state index is 0.128. The molecule has 0 aliphatic heterocycles. The molecule has 0 aromatic heterocycles. The zero-order valence-corrected chi connectivity index (χ0v) is 32.3. The summed E-state index contributed by atoms with van der Waals surface area (Å²) in [7, 11) is 0. The van der Waals surface area contributed by atoms with Gasteiger partial charge in [-0.25, -0.2) is 9.59 Å². The quantitative estimate of drug-likeness (QED) is 0.0409. The molecule has 11 nitrogen and oxygen atoms in total. The number of ether oxygens (including phenoxy) is 3. The number of carboxylic acid groups (broad SMARTS) is 1. The van der Waals surface area contributed by atoms with Gasteiger partial charge in [0.15, 0.2) is 6.10 Å². The molecule has 1 unspecified atom stereocenters. The van der Waals surface area contributed by atoms with Crippen molar-refractivity contribution in [2.24, 2.45) is 5.41 Å². The van der Waals surface area contributed by atoms with Gasteiger partial charge in [0.25, 0.3) is 5.91 Å². The van der Waals surface area contributed by atoms with E-state index in [2.05, 4.69) is 61.7 Å². The Kier molecular flexibility index (Phi) is 20.9. The molecule has 2 rings (SSSR count). The number of esters is 3. The van der Waals surface area contributed by atoms with Crippen LogP contribution in [0.25, 0.3) is 0 Å². The third-order valence-electron chi connectivity index (χ3n) is 8.08. The van der Waals surface area contributed by atoms with Crippen LogP contribution in [-0.2, 0) is 23.9 Å². The van der Waals surface area contributed by atoms with Crippen LogP contribution in [0, 0.1) is 5.41 Å². The van der Waals surface area contributed by atoms with Gasteiger partial charge in [-0.05, 0) is 76.1 Å². The Labute approximate surface area is 324 Å². The number of benzene rings is 2. The van der Waals surface area contributed by atoms with E-state index < -0.39 is 41.3 Å². The first kappa shape index (κ1) is 45.4. The second-order valence-electron chi connectivity index (χ2n) is 13.4. The summed E-state index contributed by atoms with van der Waals surface area (Å²) >= 11 is 0. The molecule has 0 aliphatic rings. The molecule has 0 saturated heterocycles. The van der Waals surface area contributed by atoms with Crippen molar-refractivity contribution >= 4 is 29.8 Å². The summed E-state index contributed by atoms with van der Waals surface area (Å²) in [6.07, 6.45) is 23.3. The zero-order valence-electron chi connectivity index (χ0n) is 32.3. The average molecular weight is 758 g/mol. The second kappa shape index (κ2) is 25.3. The van der Waals surface area contributed by atoms with E-state index in [4.69, 9.17) is 19.3 Å². The molecule has 296 valence electrons. The molecule has 0 bridgehead atoms. The van der Waals surface area contributed by atoms with Crippen molar-refractivity contribution in [2.45, 2.75) is 91.6 Å². The van der Waals surface area contributed by atoms with Gasteiger partial charge in [-0.15, -0.1) is 0 Å². The van der Waals surface area contributed by atoms with Gasteiger partial charge in [0, 0.05) is 18.4 Å². The zero-order chi connectivity index (χ0) is 40.5. The number of aliphatic carboxylic acids is 1. The lowest BCUT2D eigenvalue weighted by Gasteiger charge is -2.32. The minimum atomic E-state index is -1.53. The van der Waals surface area contributed by atoms with E-state index in [1.54, 1.807) is 13.8 Å². The lowest BCUT2D eigenvalue weighted by molar-refractivity contribution is -0.153. The molecule has 0 radical (unpaired) electrons. The number of allylic oxidation sites excluding steroid dienone is 10. The van der Waals surface area contributed by atoms with E-state index in [9.17, 15) is 29.1 Å². The Balaban J connectivity index is 1.90. The van der Waals surface area contributed by atoms with Crippen molar-refractivity contribution in [3.63, 3.8) is 0 Å². The first-order valence-electron chi connectivity index (χ1n) is 18.6. The van der Waals surface area contributed by atoms with Crippen LogP contribution in [0.5, 0.6) is 11.5 Å². The highest BCUT2D eigenvalue weighted by Gasteiger charge is 2.40. The number of phenolic OH excluding ortho intramolecular Hbond substituents is 1. The van der Waals surface area contributed by atoms with Crippen molar-refractivity contribution in [2.75, 3.05) is 13.2 Å². The topological polar surface area (TPSA) is 166 Å². The second-order valence-corrected chi connectivity index (χ2v) is 13.4. The number of carbonyl (C=O) groups excluding carboxylic acids is 4. The lowest BCUT2D eigenvalue weighted by Crippen LogP contribution is -2.49. The molecule has 1 amide bonds. The number of amides is 1. The van der Waals surface area contributed by atoms with E-state index in [0.29, 0.717) is 12.8 Å². The first-order valence-corrected chi connectivity index (χ1v) is 18.6. The van der Waals surface area contributed by atoms with E-state index in [1.807, 2.05) is 12.2 Å². The Bertz CT molecular complexity index is 1720. The van der Waals surface area contributed by atoms with Gasteiger partial charge in [0.2, 0.25) is 0 Å². The van der Waals surface area contributed by atoms with Gasteiger partial charge >= 0.3 is 23.9 Å². The average Bonchev–Trinajstić information content (AvgIpc) is 3.14. The third-order valence-corrected chi connectivity index (χ3v) is 8.08. The van der Waals surface area contributed by atoms with Crippen molar-refractivity contribution in [3.05, 3.63) is 120 Å². The number of nitrogens with one attached hydrogen (secondary N) is 1. The number of unbranched alkanes of at least 4 members (excludes halogenated alkanes) is 1. The van der Waals surface area contributed by atoms with Crippen molar-refractivity contribution in [1.82, 2.24) is 5.32 Å². The van der Waals surface area contributed by atoms with Crippen LogP contribution in [0.4, 0.5) is 0 Å². The number of hydrogen-bond acceptors (Lipinski definition) is 9. The van der Waals surface area contributed by atoms with Crippen LogP contribution >= 0.6 is 0 Å². The predicted octanol–water partition coefficient (Wildman–Crippen LogP) is 8.61. The van der Waals surface area contributed by atoms with Crippen LogP contribution in [0.1, 0.15) is 106 Å². The van der Waals surface area contributed by atoms with Gasteiger partial charge in [0.05, 0.1) is 6.42 Å².